The van der Waals surface area contributed by atoms with Crippen molar-refractivity contribution >= 4 is 11.5 Å². The zero-order valence-corrected chi connectivity index (χ0v) is 10.8. The summed E-state index contributed by atoms with van der Waals surface area (Å²) in [5.41, 5.74) is 7.50. The van der Waals surface area contributed by atoms with E-state index in [-0.39, 0.29) is 11.8 Å². The van der Waals surface area contributed by atoms with Gasteiger partial charge in [-0.1, -0.05) is 18.2 Å². The van der Waals surface area contributed by atoms with Gasteiger partial charge in [0, 0.05) is 6.42 Å². The highest BCUT2D eigenvalue weighted by molar-refractivity contribution is 5.54. The number of fused-ring (bicyclic) bond motifs is 1. The Hall–Kier alpha value is -2.74. The molecule has 0 bridgehead atoms. The molecule has 0 saturated carbocycles. The Morgan fingerprint density at radius 3 is 3.00 bits per heavy atom. The first kappa shape index (κ1) is 12.3. The number of hydrogen-bond acceptors (Lipinski definition) is 5. The van der Waals surface area contributed by atoms with Crippen LogP contribution in [0.3, 0.4) is 0 Å². The number of benzene rings is 1. The molecule has 1 atom stereocenters. The van der Waals surface area contributed by atoms with Crippen LogP contribution in [0.1, 0.15) is 11.3 Å². The summed E-state index contributed by atoms with van der Waals surface area (Å²) < 4.78 is 5.83. The Bertz CT molecular complexity index is 653. The summed E-state index contributed by atoms with van der Waals surface area (Å²) in [5.74, 6) is 1.58. The first-order chi connectivity index (χ1) is 9.76. The third kappa shape index (κ3) is 2.36. The normalized spacial score (nSPS) is 16.1. The van der Waals surface area contributed by atoms with Crippen LogP contribution in [0.4, 0.5) is 11.5 Å². The molecule has 1 unspecified atom stereocenters. The maximum Gasteiger partial charge on any atom is 0.165 e. The molecule has 20 heavy (non-hydrogen) atoms. The minimum absolute atomic E-state index is 0.0808. The van der Waals surface area contributed by atoms with E-state index in [1.807, 2.05) is 24.3 Å². The molecule has 2 aromatic rings. The molecule has 0 radical (unpaired) electrons. The van der Waals surface area contributed by atoms with Crippen LogP contribution in [0.15, 0.2) is 36.4 Å². The Balaban J connectivity index is 1.63. The predicted molar refractivity (Wildman–Crippen MR) is 76.4 cm³/mol. The molecular weight excluding hydrogens is 252 g/mol. The van der Waals surface area contributed by atoms with Crippen molar-refractivity contribution < 1.29 is 4.74 Å². The number of rotatable bonds is 3. The van der Waals surface area contributed by atoms with E-state index in [9.17, 15) is 0 Å². The Morgan fingerprint density at radius 1 is 1.35 bits per heavy atom. The SMILES string of the molecule is N#Cc1nc(NCC2Cc3ccccc3O2)ccc1N. The summed E-state index contributed by atoms with van der Waals surface area (Å²) in [4.78, 5) is 4.15. The lowest BCUT2D eigenvalue weighted by Gasteiger charge is -2.12. The van der Waals surface area contributed by atoms with E-state index >= 15 is 0 Å². The number of pyridine rings is 1. The van der Waals surface area contributed by atoms with Gasteiger partial charge in [0.05, 0.1) is 12.2 Å². The summed E-state index contributed by atoms with van der Waals surface area (Å²) in [6.07, 6.45) is 0.959. The van der Waals surface area contributed by atoms with E-state index in [4.69, 9.17) is 15.7 Å². The molecule has 5 nitrogen and oxygen atoms in total. The monoisotopic (exact) mass is 266 g/mol. The van der Waals surface area contributed by atoms with Gasteiger partial charge in [-0.2, -0.15) is 5.26 Å². The zero-order chi connectivity index (χ0) is 13.9. The number of nitrogens with one attached hydrogen (secondary N) is 1. The van der Waals surface area contributed by atoms with Crippen LogP contribution in [0, 0.1) is 11.3 Å². The second kappa shape index (κ2) is 5.10. The van der Waals surface area contributed by atoms with Crippen molar-refractivity contribution in [1.29, 1.82) is 5.26 Å². The number of nitrogen functional groups attached to an aromatic ring is 1. The van der Waals surface area contributed by atoms with Gasteiger partial charge in [-0.3, -0.25) is 0 Å². The summed E-state index contributed by atoms with van der Waals surface area (Å²) in [6, 6.07) is 13.4. The molecule has 3 rings (SSSR count). The third-order valence-electron chi connectivity index (χ3n) is 3.26. The average molecular weight is 266 g/mol. The number of aromatic nitrogens is 1. The van der Waals surface area contributed by atoms with E-state index in [2.05, 4.69) is 16.4 Å². The van der Waals surface area contributed by atoms with Gasteiger partial charge < -0.3 is 15.8 Å². The molecule has 0 aliphatic carbocycles. The maximum absolute atomic E-state index is 8.90. The quantitative estimate of drug-likeness (QED) is 0.887. The van der Waals surface area contributed by atoms with Crippen LogP contribution < -0.4 is 15.8 Å². The fourth-order valence-corrected chi connectivity index (χ4v) is 2.24. The van der Waals surface area contributed by atoms with Crippen LogP contribution >= 0.6 is 0 Å². The Labute approximate surface area is 117 Å². The number of ether oxygens (including phenoxy) is 1. The van der Waals surface area contributed by atoms with Crippen molar-refractivity contribution in [2.45, 2.75) is 12.5 Å². The van der Waals surface area contributed by atoms with Crippen LogP contribution in [0.25, 0.3) is 0 Å². The summed E-state index contributed by atoms with van der Waals surface area (Å²) in [5, 5.41) is 12.1. The third-order valence-corrected chi connectivity index (χ3v) is 3.26. The summed E-state index contributed by atoms with van der Waals surface area (Å²) in [6.45, 7) is 0.635. The van der Waals surface area contributed by atoms with Crippen molar-refractivity contribution in [2.75, 3.05) is 17.6 Å². The van der Waals surface area contributed by atoms with E-state index in [1.54, 1.807) is 12.1 Å². The summed E-state index contributed by atoms with van der Waals surface area (Å²) >= 11 is 0. The van der Waals surface area contributed by atoms with Crippen molar-refractivity contribution in [3.8, 4) is 11.8 Å². The number of nitriles is 1. The lowest BCUT2D eigenvalue weighted by molar-refractivity contribution is 0.246. The molecule has 3 N–H and O–H groups in total. The highest BCUT2D eigenvalue weighted by Crippen LogP contribution is 2.28. The lowest BCUT2D eigenvalue weighted by atomic mass is 10.1. The van der Waals surface area contributed by atoms with Crippen molar-refractivity contribution in [2.24, 2.45) is 0 Å². The van der Waals surface area contributed by atoms with Gasteiger partial charge in [0.25, 0.3) is 0 Å². The van der Waals surface area contributed by atoms with Crippen LogP contribution in [-0.2, 0) is 6.42 Å². The van der Waals surface area contributed by atoms with E-state index in [0.29, 0.717) is 18.1 Å². The minimum Gasteiger partial charge on any atom is -0.488 e. The zero-order valence-electron chi connectivity index (χ0n) is 10.8. The average Bonchev–Trinajstić information content (AvgIpc) is 2.89. The molecule has 0 fully saturated rings. The van der Waals surface area contributed by atoms with E-state index in [0.717, 1.165) is 12.2 Å². The Morgan fingerprint density at radius 2 is 2.20 bits per heavy atom. The predicted octanol–water partition coefficient (Wildman–Crippen LogP) is 1.95. The maximum atomic E-state index is 8.90. The molecule has 5 heteroatoms. The van der Waals surface area contributed by atoms with Gasteiger partial charge in [-0.05, 0) is 23.8 Å². The second-order valence-electron chi connectivity index (χ2n) is 4.68. The highest BCUT2D eigenvalue weighted by Gasteiger charge is 2.21. The van der Waals surface area contributed by atoms with Gasteiger partial charge >= 0.3 is 0 Å². The topological polar surface area (TPSA) is 84.0 Å². The van der Waals surface area contributed by atoms with E-state index < -0.39 is 0 Å². The number of anilines is 2. The van der Waals surface area contributed by atoms with Gasteiger partial charge in [0.2, 0.25) is 0 Å². The molecule has 1 aliphatic rings. The number of nitrogens with zero attached hydrogens (tertiary/aromatic N) is 2. The number of nitrogens with two attached hydrogens (primary N) is 1. The van der Waals surface area contributed by atoms with Gasteiger partial charge in [-0.15, -0.1) is 0 Å². The first-order valence-corrected chi connectivity index (χ1v) is 6.41. The smallest absolute Gasteiger partial charge is 0.165 e. The van der Waals surface area contributed by atoms with Crippen molar-refractivity contribution in [1.82, 2.24) is 4.98 Å². The molecule has 2 heterocycles. The van der Waals surface area contributed by atoms with Gasteiger partial charge in [0.15, 0.2) is 5.69 Å². The fourth-order valence-electron chi connectivity index (χ4n) is 2.24. The molecule has 1 aromatic carbocycles. The molecule has 0 spiro atoms. The standard InChI is InChI=1S/C15H14N4O/c16-8-13-12(17)5-6-15(19-13)18-9-11-7-10-3-1-2-4-14(10)20-11/h1-6,11H,7,9,17H2,(H,18,19). The van der Waals surface area contributed by atoms with Crippen LogP contribution in [0.2, 0.25) is 0 Å². The molecule has 1 aromatic heterocycles. The number of hydrogen-bond donors (Lipinski definition) is 2. The highest BCUT2D eigenvalue weighted by atomic mass is 16.5. The van der Waals surface area contributed by atoms with Gasteiger partial charge in [-0.25, -0.2) is 4.98 Å². The molecule has 1 aliphatic heterocycles. The minimum atomic E-state index is 0.0808. The fraction of sp³-hybridized carbons (Fsp3) is 0.200. The van der Waals surface area contributed by atoms with Crippen molar-refractivity contribution in [3.63, 3.8) is 0 Å². The van der Waals surface area contributed by atoms with Crippen LogP contribution in [-0.4, -0.2) is 17.6 Å². The number of para-hydroxylation sites is 1. The molecule has 100 valence electrons. The van der Waals surface area contributed by atoms with Crippen molar-refractivity contribution in [3.05, 3.63) is 47.7 Å². The van der Waals surface area contributed by atoms with Gasteiger partial charge in [0.1, 0.15) is 23.7 Å². The first-order valence-electron chi connectivity index (χ1n) is 6.41. The molecular formula is C15H14N4O. The largest absolute Gasteiger partial charge is 0.488 e. The summed E-state index contributed by atoms with van der Waals surface area (Å²) in [7, 11) is 0. The van der Waals surface area contributed by atoms with E-state index in [1.165, 1.54) is 5.56 Å². The molecule has 0 amide bonds. The van der Waals surface area contributed by atoms with Crippen LogP contribution in [0.5, 0.6) is 5.75 Å². The lowest BCUT2D eigenvalue weighted by Crippen LogP contribution is -2.24. The second-order valence-corrected chi connectivity index (χ2v) is 4.68. The molecule has 0 saturated heterocycles. The Kier molecular flexibility index (Phi) is 3.13.